The molecule has 7 nitrogen and oxygen atoms in total. The van der Waals surface area contributed by atoms with E-state index in [-0.39, 0.29) is 24.6 Å². The van der Waals surface area contributed by atoms with Crippen LogP contribution in [0.2, 0.25) is 0 Å². The van der Waals surface area contributed by atoms with Gasteiger partial charge in [0.25, 0.3) is 5.72 Å². The van der Waals surface area contributed by atoms with Crippen molar-refractivity contribution in [1.82, 2.24) is 5.06 Å². The molecule has 1 aromatic rings. The fourth-order valence-electron chi connectivity index (χ4n) is 2.31. The minimum atomic E-state index is -2.02. The fraction of sp³-hybridized carbons (Fsp3) is 0.438. The number of hydrogen-bond acceptors (Lipinski definition) is 7. The number of hydroxylamine groups is 2. The number of carbonyl (C=O) groups is 2. The third-order valence-electron chi connectivity index (χ3n) is 3.33. The monoisotopic (exact) mass is 356 g/mol. The maximum Gasteiger partial charge on any atom is 0.364 e. The summed E-state index contributed by atoms with van der Waals surface area (Å²) in [6.45, 7) is 3.33. The van der Waals surface area contributed by atoms with Gasteiger partial charge in [0.15, 0.2) is 5.84 Å². The SMILES string of the molecule is CCOC(=O)CC1(C(=O)OCC)N=C(c2ccc(F)cc2F)N(C)O1. The molecule has 1 aliphatic rings. The Morgan fingerprint density at radius 1 is 1.24 bits per heavy atom. The summed E-state index contributed by atoms with van der Waals surface area (Å²) in [4.78, 5) is 33.7. The molecular formula is C16H18F2N2O5. The van der Waals surface area contributed by atoms with Crippen LogP contribution in [0, 0.1) is 11.6 Å². The molecule has 1 heterocycles. The van der Waals surface area contributed by atoms with Crippen LogP contribution in [0.4, 0.5) is 8.78 Å². The van der Waals surface area contributed by atoms with E-state index in [0.717, 1.165) is 17.2 Å². The van der Waals surface area contributed by atoms with Crippen LogP contribution in [-0.4, -0.2) is 48.8 Å². The summed E-state index contributed by atoms with van der Waals surface area (Å²) < 4.78 is 36.9. The predicted molar refractivity (Wildman–Crippen MR) is 82.4 cm³/mol. The van der Waals surface area contributed by atoms with Gasteiger partial charge in [-0.2, -0.15) is 0 Å². The molecule has 0 radical (unpaired) electrons. The lowest BCUT2D eigenvalue weighted by Gasteiger charge is -2.23. The number of amidine groups is 1. The smallest absolute Gasteiger partial charge is 0.364 e. The Bertz CT molecular complexity index is 710. The molecule has 0 amide bonds. The number of nitrogens with zero attached hydrogens (tertiary/aromatic N) is 2. The van der Waals surface area contributed by atoms with Crippen LogP contribution >= 0.6 is 0 Å². The lowest BCUT2D eigenvalue weighted by Crippen LogP contribution is -2.43. The van der Waals surface area contributed by atoms with Crippen molar-refractivity contribution in [2.45, 2.75) is 26.0 Å². The lowest BCUT2D eigenvalue weighted by molar-refractivity contribution is -0.207. The van der Waals surface area contributed by atoms with Crippen molar-refractivity contribution in [2.24, 2.45) is 4.99 Å². The van der Waals surface area contributed by atoms with Crippen LogP contribution < -0.4 is 0 Å². The molecule has 0 spiro atoms. The minimum Gasteiger partial charge on any atom is -0.466 e. The maximum absolute atomic E-state index is 14.0. The van der Waals surface area contributed by atoms with Crippen molar-refractivity contribution in [1.29, 1.82) is 0 Å². The van der Waals surface area contributed by atoms with Crippen molar-refractivity contribution in [3.05, 3.63) is 35.4 Å². The molecule has 1 atom stereocenters. The number of ether oxygens (including phenoxy) is 2. The number of halogens is 2. The molecule has 25 heavy (non-hydrogen) atoms. The van der Waals surface area contributed by atoms with E-state index < -0.39 is 35.7 Å². The molecule has 1 aliphatic heterocycles. The molecule has 0 saturated carbocycles. The van der Waals surface area contributed by atoms with Gasteiger partial charge in [-0.15, -0.1) is 0 Å². The number of hydrogen-bond donors (Lipinski definition) is 0. The van der Waals surface area contributed by atoms with E-state index in [2.05, 4.69) is 4.99 Å². The van der Waals surface area contributed by atoms with Gasteiger partial charge in [0.05, 0.1) is 18.8 Å². The van der Waals surface area contributed by atoms with Gasteiger partial charge >= 0.3 is 11.9 Å². The molecular weight excluding hydrogens is 338 g/mol. The van der Waals surface area contributed by atoms with Gasteiger partial charge < -0.3 is 9.47 Å². The first-order chi connectivity index (χ1) is 11.8. The molecule has 0 aliphatic carbocycles. The summed E-state index contributed by atoms with van der Waals surface area (Å²) in [7, 11) is 1.38. The summed E-state index contributed by atoms with van der Waals surface area (Å²) in [5.74, 6) is -3.35. The van der Waals surface area contributed by atoms with Gasteiger partial charge in [-0.1, -0.05) is 0 Å². The molecule has 0 saturated heterocycles. The van der Waals surface area contributed by atoms with Crippen LogP contribution in [0.1, 0.15) is 25.8 Å². The standard InChI is InChI=1S/C16H18F2N2O5/c1-4-23-13(21)9-16(15(22)24-5-2)19-14(20(3)25-16)11-7-6-10(17)8-12(11)18/h6-8H,4-5,9H2,1-3H3. The average Bonchev–Trinajstić information content (AvgIpc) is 2.85. The first-order valence-corrected chi connectivity index (χ1v) is 7.64. The predicted octanol–water partition coefficient (Wildman–Crippen LogP) is 1.80. The highest BCUT2D eigenvalue weighted by atomic mass is 19.1. The third-order valence-corrected chi connectivity index (χ3v) is 3.33. The van der Waals surface area contributed by atoms with Crippen molar-refractivity contribution < 1.29 is 32.7 Å². The van der Waals surface area contributed by atoms with Gasteiger partial charge in [-0.3, -0.25) is 4.79 Å². The van der Waals surface area contributed by atoms with Gasteiger partial charge in [0.1, 0.15) is 18.1 Å². The fourth-order valence-corrected chi connectivity index (χ4v) is 2.31. The van der Waals surface area contributed by atoms with E-state index in [9.17, 15) is 18.4 Å². The molecule has 1 aromatic carbocycles. The maximum atomic E-state index is 14.0. The van der Waals surface area contributed by atoms with Crippen LogP contribution in [0.25, 0.3) is 0 Å². The van der Waals surface area contributed by atoms with Crippen molar-refractivity contribution in [3.63, 3.8) is 0 Å². The highest BCUT2D eigenvalue weighted by Gasteiger charge is 2.51. The summed E-state index contributed by atoms with van der Waals surface area (Å²) in [5.41, 5.74) is -2.10. The number of benzene rings is 1. The van der Waals surface area contributed by atoms with Crippen LogP contribution in [0.5, 0.6) is 0 Å². The Morgan fingerprint density at radius 2 is 1.92 bits per heavy atom. The first-order valence-electron chi connectivity index (χ1n) is 7.64. The molecule has 0 fully saturated rings. The molecule has 0 aromatic heterocycles. The second-order valence-electron chi connectivity index (χ2n) is 5.13. The normalized spacial score (nSPS) is 19.6. The van der Waals surface area contributed by atoms with Crippen LogP contribution in [-0.2, 0) is 23.9 Å². The van der Waals surface area contributed by atoms with E-state index in [4.69, 9.17) is 14.3 Å². The van der Waals surface area contributed by atoms with E-state index >= 15 is 0 Å². The third kappa shape index (κ3) is 3.93. The number of esters is 2. The Morgan fingerprint density at radius 3 is 2.52 bits per heavy atom. The topological polar surface area (TPSA) is 77.4 Å². The molecule has 9 heteroatoms. The zero-order valence-corrected chi connectivity index (χ0v) is 14.0. The lowest BCUT2D eigenvalue weighted by atomic mass is 10.1. The highest BCUT2D eigenvalue weighted by molar-refractivity contribution is 6.02. The van der Waals surface area contributed by atoms with E-state index in [1.54, 1.807) is 13.8 Å². The highest BCUT2D eigenvalue weighted by Crippen LogP contribution is 2.31. The molecule has 0 N–H and O–H groups in total. The largest absolute Gasteiger partial charge is 0.466 e. The van der Waals surface area contributed by atoms with Crippen LogP contribution in [0.15, 0.2) is 23.2 Å². The minimum absolute atomic E-state index is 0.0340. The van der Waals surface area contributed by atoms with Gasteiger partial charge in [0.2, 0.25) is 0 Å². The molecule has 1 unspecified atom stereocenters. The Hall–Kier alpha value is -2.55. The second kappa shape index (κ2) is 7.56. The summed E-state index contributed by atoms with van der Waals surface area (Å²) in [5, 5.41) is 1.03. The van der Waals surface area contributed by atoms with Crippen molar-refractivity contribution in [3.8, 4) is 0 Å². The molecule has 0 bridgehead atoms. The quantitative estimate of drug-likeness (QED) is 0.724. The molecule has 2 rings (SSSR count). The Balaban J connectivity index is 2.44. The first kappa shape index (κ1) is 18.8. The Labute approximate surface area is 143 Å². The van der Waals surface area contributed by atoms with E-state index in [0.29, 0.717) is 6.07 Å². The summed E-state index contributed by atoms with van der Waals surface area (Å²) >= 11 is 0. The summed E-state index contributed by atoms with van der Waals surface area (Å²) in [6.07, 6.45) is -0.545. The van der Waals surface area contributed by atoms with E-state index in [1.807, 2.05) is 0 Å². The van der Waals surface area contributed by atoms with Crippen LogP contribution in [0.3, 0.4) is 0 Å². The van der Waals surface area contributed by atoms with E-state index in [1.165, 1.54) is 7.05 Å². The zero-order valence-electron chi connectivity index (χ0n) is 14.0. The average molecular weight is 356 g/mol. The number of aliphatic imine (C=N–C) groups is 1. The van der Waals surface area contributed by atoms with Gasteiger partial charge in [-0.05, 0) is 26.0 Å². The van der Waals surface area contributed by atoms with Gasteiger partial charge in [-0.25, -0.2) is 28.5 Å². The number of carbonyl (C=O) groups excluding carboxylic acids is 2. The zero-order chi connectivity index (χ0) is 18.6. The van der Waals surface area contributed by atoms with Crippen molar-refractivity contribution >= 4 is 17.8 Å². The summed E-state index contributed by atoms with van der Waals surface area (Å²) in [6, 6.07) is 2.89. The second-order valence-corrected chi connectivity index (χ2v) is 5.13. The number of rotatable bonds is 6. The van der Waals surface area contributed by atoms with Crippen molar-refractivity contribution in [2.75, 3.05) is 20.3 Å². The Kier molecular flexibility index (Phi) is 5.68. The molecule has 136 valence electrons. The van der Waals surface area contributed by atoms with Gasteiger partial charge in [0, 0.05) is 13.1 Å².